The van der Waals surface area contributed by atoms with Crippen molar-refractivity contribution >= 4 is 0 Å². The van der Waals surface area contributed by atoms with E-state index in [0.29, 0.717) is 5.92 Å². The molecular formula is C20H30F2N2. The minimum Gasteiger partial charge on any atom is -0.304 e. The molecule has 2 atom stereocenters. The minimum absolute atomic E-state index is 0.0204. The number of hydrogen-bond acceptors (Lipinski definition) is 2. The molecule has 0 spiro atoms. The molecule has 3 saturated heterocycles. The van der Waals surface area contributed by atoms with Gasteiger partial charge in [-0.1, -0.05) is 45.0 Å². The SMILES string of the molecule is CN(C)C1C2CCN(CC2)C1C(F)(F)c1ccc(C(C)(C)C)cc1. The van der Waals surface area contributed by atoms with Crippen LogP contribution >= 0.6 is 0 Å². The molecule has 0 N–H and O–H groups in total. The van der Waals surface area contributed by atoms with Crippen LogP contribution in [0.15, 0.2) is 24.3 Å². The van der Waals surface area contributed by atoms with Crippen LogP contribution in [-0.2, 0) is 11.3 Å². The second-order valence-corrected chi connectivity index (χ2v) is 8.72. The molecule has 2 unspecified atom stereocenters. The summed E-state index contributed by atoms with van der Waals surface area (Å²) in [6.07, 6.45) is 2.08. The van der Waals surface area contributed by atoms with E-state index in [4.69, 9.17) is 0 Å². The summed E-state index contributed by atoms with van der Waals surface area (Å²) < 4.78 is 30.9. The highest BCUT2D eigenvalue weighted by Gasteiger charge is 2.55. The maximum Gasteiger partial charge on any atom is 0.289 e. The number of halogens is 2. The Morgan fingerprint density at radius 3 is 1.92 bits per heavy atom. The summed E-state index contributed by atoms with van der Waals surface area (Å²) >= 11 is 0. The van der Waals surface area contributed by atoms with Gasteiger partial charge in [0, 0.05) is 11.6 Å². The highest BCUT2D eigenvalue weighted by Crippen LogP contribution is 2.45. The molecule has 2 nitrogen and oxygen atoms in total. The molecule has 1 aromatic carbocycles. The van der Waals surface area contributed by atoms with Crippen molar-refractivity contribution < 1.29 is 8.78 Å². The van der Waals surface area contributed by atoms with Crippen LogP contribution in [-0.4, -0.2) is 49.1 Å². The van der Waals surface area contributed by atoms with Crippen LogP contribution in [0.25, 0.3) is 0 Å². The third-order valence-corrected chi connectivity index (χ3v) is 5.88. The minimum atomic E-state index is -2.83. The summed E-state index contributed by atoms with van der Waals surface area (Å²) in [6, 6.07) is 6.20. The molecule has 3 heterocycles. The molecule has 24 heavy (non-hydrogen) atoms. The lowest BCUT2D eigenvalue weighted by molar-refractivity contribution is -0.159. The molecule has 0 aromatic heterocycles. The molecule has 0 radical (unpaired) electrons. The van der Waals surface area contributed by atoms with E-state index in [1.807, 2.05) is 36.0 Å². The van der Waals surface area contributed by atoms with E-state index in [1.165, 1.54) is 0 Å². The molecule has 3 aliphatic rings. The van der Waals surface area contributed by atoms with E-state index < -0.39 is 12.0 Å². The van der Waals surface area contributed by atoms with Crippen LogP contribution in [0.4, 0.5) is 8.78 Å². The predicted octanol–water partition coefficient (Wildman–Crippen LogP) is 4.10. The van der Waals surface area contributed by atoms with Crippen molar-refractivity contribution in [2.45, 2.75) is 57.0 Å². The van der Waals surface area contributed by atoms with Crippen LogP contribution in [0.3, 0.4) is 0 Å². The van der Waals surface area contributed by atoms with Gasteiger partial charge < -0.3 is 4.90 Å². The van der Waals surface area contributed by atoms with Crippen LogP contribution in [0.5, 0.6) is 0 Å². The molecule has 0 amide bonds. The van der Waals surface area contributed by atoms with E-state index >= 15 is 8.78 Å². The van der Waals surface area contributed by atoms with Gasteiger partial charge in [0.05, 0.1) is 6.04 Å². The van der Waals surface area contributed by atoms with Gasteiger partial charge in [-0.2, -0.15) is 8.78 Å². The first-order chi connectivity index (χ1) is 11.1. The van der Waals surface area contributed by atoms with Crippen molar-refractivity contribution in [1.82, 2.24) is 9.80 Å². The van der Waals surface area contributed by atoms with Crippen LogP contribution < -0.4 is 0 Å². The van der Waals surface area contributed by atoms with Crippen LogP contribution in [0.2, 0.25) is 0 Å². The number of hydrogen-bond donors (Lipinski definition) is 0. The third kappa shape index (κ3) is 2.99. The summed E-state index contributed by atoms with van der Waals surface area (Å²) in [6.45, 7) is 7.92. The lowest BCUT2D eigenvalue weighted by atomic mass is 9.74. The Hall–Kier alpha value is -1.00. The fourth-order valence-corrected chi connectivity index (χ4v) is 4.52. The Bertz CT molecular complexity index is 566. The standard InChI is InChI=1S/C20H30F2N2/c1-19(2,3)15-6-8-16(9-7-15)20(21,22)18-17(23(4)5)14-10-12-24(18)13-11-14/h6-9,14,17-18H,10-13H2,1-5H3. The first kappa shape index (κ1) is 17.8. The van der Waals surface area contributed by atoms with Gasteiger partial charge in [-0.3, -0.25) is 4.90 Å². The zero-order valence-electron chi connectivity index (χ0n) is 15.5. The Morgan fingerprint density at radius 1 is 0.958 bits per heavy atom. The van der Waals surface area contributed by atoms with Crippen LogP contribution in [0, 0.1) is 5.92 Å². The van der Waals surface area contributed by atoms with E-state index in [1.54, 1.807) is 12.1 Å². The Morgan fingerprint density at radius 2 is 1.46 bits per heavy atom. The number of likely N-dealkylation sites (N-methyl/N-ethyl adjacent to an activating group) is 1. The fraction of sp³-hybridized carbons (Fsp3) is 0.700. The summed E-state index contributed by atoms with van der Waals surface area (Å²) in [7, 11) is 3.89. The second-order valence-electron chi connectivity index (χ2n) is 8.72. The first-order valence-corrected chi connectivity index (χ1v) is 9.01. The van der Waals surface area contributed by atoms with Gasteiger partial charge in [0.15, 0.2) is 0 Å². The molecule has 3 fully saturated rings. The van der Waals surface area contributed by atoms with E-state index in [-0.39, 0.29) is 17.0 Å². The van der Waals surface area contributed by atoms with Gasteiger partial charge in [-0.25, -0.2) is 0 Å². The number of rotatable bonds is 3. The van der Waals surface area contributed by atoms with E-state index in [9.17, 15) is 0 Å². The normalized spacial score (nSPS) is 30.8. The van der Waals surface area contributed by atoms with Crippen molar-refractivity contribution in [3.05, 3.63) is 35.4 Å². The Kier molecular flexibility index (Phi) is 4.50. The lowest BCUT2D eigenvalue weighted by Gasteiger charge is -2.55. The van der Waals surface area contributed by atoms with Gasteiger partial charge in [0.1, 0.15) is 0 Å². The molecule has 0 saturated carbocycles. The maximum absolute atomic E-state index is 15.5. The van der Waals surface area contributed by atoms with E-state index in [2.05, 4.69) is 20.8 Å². The fourth-order valence-electron chi connectivity index (χ4n) is 4.52. The topological polar surface area (TPSA) is 6.48 Å². The van der Waals surface area contributed by atoms with Gasteiger partial charge in [-0.05, 0) is 56.9 Å². The predicted molar refractivity (Wildman–Crippen MR) is 94.6 cm³/mol. The molecular weight excluding hydrogens is 306 g/mol. The highest BCUT2D eigenvalue weighted by molar-refractivity contribution is 5.31. The molecule has 134 valence electrons. The average Bonchev–Trinajstić information content (AvgIpc) is 2.54. The Labute approximate surface area is 144 Å². The van der Waals surface area contributed by atoms with Crippen molar-refractivity contribution in [1.29, 1.82) is 0 Å². The molecule has 2 bridgehead atoms. The summed E-state index contributed by atoms with van der Waals surface area (Å²) in [5, 5.41) is 0. The van der Waals surface area contributed by atoms with Crippen molar-refractivity contribution in [3.63, 3.8) is 0 Å². The average molecular weight is 336 g/mol. The molecule has 4 heteroatoms. The summed E-state index contributed by atoms with van der Waals surface area (Å²) in [5.41, 5.74) is 1.23. The quantitative estimate of drug-likeness (QED) is 0.820. The second kappa shape index (κ2) is 6.06. The lowest BCUT2D eigenvalue weighted by Crippen LogP contribution is -2.67. The molecule has 1 aromatic rings. The van der Waals surface area contributed by atoms with Gasteiger partial charge in [0.2, 0.25) is 0 Å². The zero-order valence-corrected chi connectivity index (χ0v) is 15.5. The molecule has 0 aliphatic carbocycles. The first-order valence-electron chi connectivity index (χ1n) is 9.01. The van der Waals surface area contributed by atoms with Crippen molar-refractivity contribution in [3.8, 4) is 0 Å². The van der Waals surface area contributed by atoms with Crippen LogP contribution in [0.1, 0.15) is 44.7 Å². The highest BCUT2D eigenvalue weighted by atomic mass is 19.3. The largest absolute Gasteiger partial charge is 0.304 e. The number of benzene rings is 1. The van der Waals surface area contributed by atoms with Crippen molar-refractivity contribution in [2.24, 2.45) is 5.92 Å². The number of piperidine rings is 3. The third-order valence-electron chi connectivity index (χ3n) is 5.88. The summed E-state index contributed by atoms with van der Waals surface area (Å²) in [4.78, 5) is 4.03. The zero-order chi connectivity index (χ0) is 17.7. The Balaban J connectivity index is 1.93. The smallest absolute Gasteiger partial charge is 0.289 e. The maximum atomic E-state index is 15.5. The summed E-state index contributed by atoms with van der Waals surface area (Å²) in [5.74, 6) is -2.44. The van der Waals surface area contributed by atoms with E-state index in [0.717, 1.165) is 31.5 Å². The number of nitrogens with zero attached hydrogens (tertiary/aromatic N) is 2. The number of fused-ring (bicyclic) bond motifs is 3. The molecule has 4 rings (SSSR count). The van der Waals surface area contributed by atoms with Gasteiger partial charge in [0.25, 0.3) is 5.92 Å². The van der Waals surface area contributed by atoms with Gasteiger partial charge >= 0.3 is 0 Å². The number of alkyl halides is 2. The van der Waals surface area contributed by atoms with Gasteiger partial charge in [-0.15, -0.1) is 0 Å². The monoisotopic (exact) mass is 336 g/mol. The molecule has 3 aliphatic heterocycles. The van der Waals surface area contributed by atoms with Crippen molar-refractivity contribution in [2.75, 3.05) is 27.2 Å².